The van der Waals surface area contributed by atoms with Crippen molar-refractivity contribution in [3.05, 3.63) is 0 Å². The lowest BCUT2D eigenvalue weighted by Gasteiger charge is -2.34. The molecule has 124 valence electrons. The zero-order valence-electron chi connectivity index (χ0n) is 13.8. The van der Waals surface area contributed by atoms with Gasteiger partial charge in [0.2, 0.25) is 10.0 Å². The van der Waals surface area contributed by atoms with Crippen molar-refractivity contribution in [3.63, 3.8) is 0 Å². The monoisotopic (exact) mass is 319 g/mol. The van der Waals surface area contributed by atoms with Crippen LogP contribution in [-0.4, -0.2) is 49.8 Å². The van der Waals surface area contributed by atoms with Gasteiger partial charge >= 0.3 is 6.03 Å². The lowest BCUT2D eigenvalue weighted by molar-refractivity contribution is 0.163. The molecular weight excluding hydrogens is 290 g/mol. The molecule has 0 aromatic carbocycles. The first-order valence-electron chi connectivity index (χ1n) is 7.57. The zero-order chi connectivity index (χ0) is 16.3. The number of carbonyl (C=O) groups is 1. The van der Waals surface area contributed by atoms with Crippen LogP contribution in [0.15, 0.2) is 0 Å². The third-order valence-corrected chi connectivity index (χ3v) is 5.39. The van der Waals surface area contributed by atoms with Crippen LogP contribution < -0.4 is 10.0 Å². The predicted molar refractivity (Wildman–Crippen MR) is 84.6 cm³/mol. The highest BCUT2D eigenvalue weighted by Crippen LogP contribution is 2.17. The number of piperidine rings is 1. The number of likely N-dealkylation sites (tertiary alicyclic amines) is 1. The molecule has 21 heavy (non-hydrogen) atoms. The van der Waals surface area contributed by atoms with Gasteiger partial charge in [0.05, 0.1) is 5.25 Å². The molecule has 0 aliphatic carbocycles. The van der Waals surface area contributed by atoms with Crippen LogP contribution in [0.3, 0.4) is 0 Å². The van der Waals surface area contributed by atoms with Gasteiger partial charge in [-0.25, -0.2) is 17.9 Å². The summed E-state index contributed by atoms with van der Waals surface area (Å²) in [6, 6.07) is -0.0382. The summed E-state index contributed by atoms with van der Waals surface area (Å²) in [4.78, 5) is 13.8. The van der Waals surface area contributed by atoms with Gasteiger partial charge < -0.3 is 10.2 Å². The number of nitrogens with zero attached hydrogens (tertiary/aromatic N) is 1. The van der Waals surface area contributed by atoms with Gasteiger partial charge in [-0.05, 0) is 53.4 Å². The van der Waals surface area contributed by atoms with E-state index < -0.39 is 15.3 Å². The Morgan fingerprint density at radius 2 is 1.76 bits per heavy atom. The van der Waals surface area contributed by atoms with Gasteiger partial charge in [0.1, 0.15) is 0 Å². The van der Waals surface area contributed by atoms with E-state index in [1.54, 1.807) is 18.7 Å². The number of rotatable bonds is 4. The molecule has 7 heteroatoms. The van der Waals surface area contributed by atoms with Gasteiger partial charge in [0.25, 0.3) is 0 Å². The highest BCUT2D eigenvalue weighted by Gasteiger charge is 2.26. The van der Waals surface area contributed by atoms with Gasteiger partial charge in [0.15, 0.2) is 0 Å². The second-order valence-corrected chi connectivity index (χ2v) is 9.37. The summed E-state index contributed by atoms with van der Waals surface area (Å²) in [5.41, 5.74) is -0.235. The maximum atomic E-state index is 12.0. The summed E-state index contributed by atoms with van der Waals surface area (Å²) in [5, 5.41) is 2.54. The molecule has 2 amide bonds. The van der Waals surface area contributed by atoms with E-state index >= 15 is 0 Å². The summed E-state index contributed by atoms with van der Waals surface area (Å²) in [6.45, 7) is 11.0. The van der Waals surface area contributed by atoms with Crippen molar-refractivity contribution in [1.82, 2.24) is 14.9 Å². The van der Waals surface area contributed by atoms with E-state index in [4.69, 9.17) is 0 Å². The molecule has 1 rings (SSSR count). The lowest BCUT2D eigenvalue weighted by Crippen LogP contribution is -2.51. The fourth-order valence-corrected chi connectivity index (χ4v) is 2.94. The van der Waals surface area contributed by atoms with Gasteiger partial charge in [-0.3, -0.25) is 0 Å². The highest BCUT2D eigenvalue weighted by atomic mass is 32.2. The average molecular weight is 319 g/mol. The minimum absolute atomic E-state index is 0.0382. The van der Waals surface area contributed by atoms with Crippen LogP contribution in [0.5, 0.6) is 0 Å². The molecule has 1 fully saturated rings. The van der Waals surface area contributed by atoms with Crippen molar-refractivity contribution in [2.75, 3.05) is 19.6 Å². The van der Waals surface area contributed by atoms with Crippen molar-refractivity contribution in [2.24, 2.45) is 5.92 Å². The largest absolute Gasteiger partial charge is 0.333 e. The number of carbonyl (C=O) groups excluding carboxylic acids is 1. The van der Waals surface area contributed by atoms with Crippen molar-refractivity contribution in [3.8, 4) is 0 Å². The van der Waals surface area contributed by atoms with Crippen molar-refractivity contribution in [1.29, 1.82) is 0 Å². The zero-order valence-corrected chi connectivity index (χ0v) is 14.6. The third kappa shape index (κ3) is 6.22. The normalized spacial score (nSPS) is 18.1. The van der Waals surface area contributed by atoms with Gasteiger partial charge in [-0.1, -0.05) is 0 Å². The number of hydrogen-bond acceptors (Lipinski definition) is 3. The Labute approximate surface area is 128 Å². The molecule has 1 saturated heterocycles. The minimum Gasteiger partial charge on any atom is -0.333 e. The molecular formula is C14H29N3O3S. The fourth-order valence-electron chi connectivity index (χ4n) is 2.14. The Morgan fingerprint density at radius 3 is 2.19 bits per heavy atom. The summed E-state index contributed by atoms with van der Waals surface area (Å²) >= 11 is 0. The molecule has 2 N–H and O–H groups in total. The SMILES string of the molecule is CC(C)S(=O)(=O)NCC1CCN(C(=O)NC(C)(C)C)CC1. The van der Waals surface area contributed by atoms with Crippen LogP contribution in [-0.2, 0) is 10.0 Å². The molecule has 6 nitrogen and oxygen atoms in total. The molecule has 0 radical (unpaired) electrons. The fraction of sp³-hybridized carbons (Fsp3) is 0.929. The quantitative estimate of drug-likeness (QED) is 0.825. The maximum Gasteiger partial charge on any atom is 0.317 e. The molecule has 0 unspecified atom stereocenters. The van der Waals surface area contributed by atoms with E-state index in [1.807, 2.05) is 20.8 Å². The number of nitrogens with one attached hydrogen (secondary N) is 2. The van der Waals surface area contributed by atoms with Gasteiger partial charge in [0, 0.05) is 25.2 Å². The number of urea groups is 1. The van der Waals surface area contributed by atoms with Gasteiger partial charge in [-0.2, -0.15) is 0 Å². The molecule has 0 bridgehead atoms. The standard InChI is InChI=1S/C14H29N3O3S/c1-11(2)21(19,20)15-10-12-6-8-17(9-7-12)13(18)16-14(3,4)5/h11-12,15H,6-10H2,1-5H3,(H,16,18). The Morgan fingerprint density at radius 1 is 1.24 bits per heavy atom. The molecule has 0 spiro atoms. The number of sulfonamides is 1. The highest BCUT2D eigenvalue weighted by molar-refractivity contribution is 7.90. The molecule has 1 aliphatic rings. The predicted octanol–water partition coefficient (Wildman–Crippen LogP) is 1.53. The molecule has 0 atom stereocenters. The molecule has 1 aliphatic heterocycles. The van der Waals surface area contributed by atoms with E-state index in [0.29, 0.717) is 25.6 Å². The molecule has 1 heterocycles. The second kappa shape index (κ2) is 6.96. The number of hydrogen-bond donors (Lipinski definition) is 2. The van der Waals surface area contributed by atoms with E-state index in [1.165, 1.54) is 0 Å². The minimum atomic E-state index is -3.19. The lowest BCUT2D eigenvalue weighted by atomic mass is 9.97. The van der Waals surface area contributed by atoms with Crippen LogP contribution in [0.2, 0.25) is 0 Å². The van der Waals surface area contributed by atoms with Crippen LogP contribution in [0.1, 0.15) is 47.5 Å². The van der Waals surface area contributed by atoms with E-state index in [-0.39, 0.29) is 11.6 Å². The number of amides is 2. The molecule has 0 aromatic heterocycles. The van der Waals surface area contributed by atoms with Crippen LogP contribution >= 0.6 is 0 Å². The van der Waals surface area contributed by atoms with E-state index in [2.05, 4.69) is 10.0 Å². The van der Waals surface area contributed by atoms with Crippen molar-refractivity contribution >= 4 is 16.1 Å². The Bertz CT molecular complexity index is 447. The van der Waals surface area contributed by atoms with Crippen molar-refractivity contribution < 1.29 is 13.2 Å². The first kappa shape index (κ1) is 18.2. The summed E-state index contributed by atoms with van der Waals surface area (Å²) in [7, 11) is -3.19. The van der Waals surface area contributed by atoms with E-state index in [9.17, 15) is 13.2 Å². The summed E-state index contributed by atoms with van der Waals surface area (Å²) in [5.74, 6) is 0.303. The van der Waals surface area contributed by atoms with Crippen LogP contribution in [0.4, 0.5) is 4.79 Å². The topological polar surface area (TPSA) is 78.5 Å². The Kier molecular flexibility index (Phi) is 6.04. The molecule has 0 aromatic rings. The van der Waals surface area contributed by atoms with E-state index in [0.717, 1.165) is 12.8 Å². The van der Waals surface area contributed by atoms with Crippen LogP contribution in [0.25, 0.3) is 0 Å². The molecule has 0 saturated carbocycles. The average Bonchev–Trinajstić information content (AvgIpc) is 2.35. The summed E-state index contributed by atoms with van der Waals surface area (Å²) in [6.07, 6.45) is 1.66. The first-order valence-corrected chi connectivity index (χ1v) is 9.11. The van der Waals surface area contributed by atoms with Crippen molar-refractivity contribution in [2.45, 2.75) is 58.2 Å². The second-order valence-electron chi connectivity index (χ2n) is 7.05. The van der Waals surface area contributed by atoms with Gasteiger partial charge in [-0.15, -0.1) is 0 Å². The Hall–Kier alpha value is -0.820. The summed E-state index contributed by atoms with van der Waals surface area (Å²) < 4.78 is 26.1. The van der Waals surface area contributed by atoms with Crippen LogP contribution in [0, 0.1) is 5.92 Å². The maximum absolute atomic E-state index is 12.0. The third-order valence-electron chi connectivity index (χ3n) is 3.58. The smallest absolute Gasteiger partial charge is 0.317 e. The first-order chi connectivity index (χ1) is 9.51. The Balaban J connectivity index is 2.38.